The van der Waals surface area contributed by atoms with Crippen LogP contribution in [0.25, 0.3) is 5.57 Å². The summed E-state index contributed by atoms with van der Waals surface area (Å²) in [6.07, 6.45) is 7.35. The first kappa shape index (κ1) is 20.2. The van der Waals surface area contributed by atoms with Crippen LogP contribution in [0.1, 0.15) is 79.4 Å². The van der Waals surface area contributed by atoms with E-state index in [0.29, 0.717) is 10.8 Å². The first-order valence-electron chi connectivity index (χ1n) is 10.1. The van der Waals surface area contributed by atoms with Crippen LogP contribution in [0.15, 0.2) is 11.6 Å². The molecule has 1 N–H and O–H groups in total. The van der Waals surface area contributed by atoms with Gasteiger partial charge in [-0.1, -0.05) is 31.1 Å². The fourth-order valence-electron chi connectivity index (χ4n) is 4.15. The van der Waals surface area contributed by atoms with Gasteiger partial charge >= 0.3 is 5.97 Å². The lowest BCUT2D eigenvalue weighted by atomic mass is 9.78. The lowest BCUT2D eigenvalue weighted by molar-refractivity contribution is 0.0702. The summed E-state index contributed by atoms with van der Waals surface area (Å²) in [6, 6.07) is 2.04. The summed E-state index contributed by atoms with van der Waals surface area (Å²) >= 11 is 1.33. The predicted molar refractivity (Wildman–Crippen MR) is 113 cm³/mol. The normalized spacial score (nSPS) is 19.7. The number of nitrogens with zero attached hydrogens (tertiary/aromatic N) is 1. The smallest absolute Gasteiger partial charge is 0.346 e. The van der Waals surface area contributed by atoms with Crippen molar-refractivity contribution >= 4 is 22.9 Å². The molecule has 1 aromatic rings. The monoisotopic (exact) mass is 385 g/mol. The Labute approximate surface area is 167 Å². The largest absolute Gasteiger partial charge is 0.477 e. The van der Waals surface area contributed by atoms with Gasteiger partial charge in [-0.05, 0) is 70.2 Å². The molecule has 0 radical (unpaired) electrons. The van der Waals surface area contributed by atoms with Crippen LogP contribution in [-0.4, -0.2) is 36.1 Å². The maximum atomic E-state index is 12.0. The molecule has 1 aliphatic heterocycles. The van der Waals surface area contributed by atoms with Gasteiger partial charge < -0.3 is 10.0 Å². The number of likely N-dealkylation sites (N-methyl/N-ethyl adjacent to an activating group) is 1. The van der Waals surface area contributed by atoms with E-state index < -0.39 is 5.97 Å². The zero-order valence-corrected chi connectivity index (χ0v) is 17.8. The Morgan fingerprint density at radius 3 is 2.59 bits per heavy atom. The molecule has 146 valence electrons. The number of carboxylic acid groups (broad SMARTS) is 1. The van der Waals surface area contributed by atoms with Gasteiger partial charge in [0.1, 0.15) is 4.88 Å². The van der Waals surface area contributed by atoms with Gasteiger partial charge in [-0.25, -0.2) is 4.79 Å². The van der Waals surface area contributed by atoms with Crippen LogP contribution in [0.3, 0.4) is 0 Å². The highest BCUT2D eigenvalue weighted by molar-refractivity contribution is 7.14. The van der Waals surface area contributed by atoms with Crippen molar-refractivity contribution in [2.75, 3.05) is 20.1 Å². The lowest BCUT2D eigenvalue weighted by Gasteiger charge is -2.34. The molecule has 0 aromatic carbocycles. The Kier molecular flexibility index (Phi) is 6.13. The van der Waals surface area contributed by atoms with E-state index in [9.17, 15) is 9.90 Å². The summed E-state index contributed by atoms with van der Waals surface area (Å²) in [5, 5.41) is 9.82. The van der Waals surface area contributed by atoms with Crippen molar-refractivity contribution in [3.8, 4) is 11.8 Å². The van der Waals surface area contributed by atoms with Crippen molar-refractivity contribution in [1.29, 1.82) is 0 Å². The summed E-state index contributed by atoms with van der Waals surface area (Å²) in [6.45, 7) is 8.19. The molecule has 0 bridgehead atoms. The third kappa shape index (κ3) is 5.03. The average molecular weight is 386 g/mol. The van der Waals surface area contributed by atoms with Crippen LogP contribution in [0.5, 0.6) is 0 Å². The molecule has 2 aliphatic rings. The zero-order chi connectivity index (χ0) is 19.6. The molecule has 2 heterocycles. The molecule has 0 atom stereocenters. The number of aromatic carboxylic acids is 1. The second-order valence-corrected chi connectivity index (χ2v) is 10.0. The van der Waals surface area contributed by atoms with Crippen molar-refractivity contribution in [1.82, 2.24) is 4.90 Å². The highest BCUT2D eigenvalue weighted by atomic mass is 32.1. The van der Waals surface area contributed by atoms with E-state index in [0.717, 1.165) is 30.0 Å². The minimum Gasteiger partial charge on any atom is -0.477 e. The van der Waals surface area contributed by atoms with E-state index in [4.69, 9.17) is 0 Å². The summed E-state index contributed by atoms with van der Waals surface area (Å²) in [4.78, 5) is 15.7. The van der Waals surface area contributed by atoms with E-state index in [1.54, 1.807) is 0 Å². The van der Waals surface area contributed by atoms with Crippen LogP contribution in [-0.2, 0) is 0 Å². The third-order valence-electron chi connectivity index (χ3n) is 5.48. The van der Waals surface area contributed by atoms with Gasteiger partial charge in [0, 0.05) is 24.1 Å². The van der Waals surface area contributed by atoms with Gasteiger partial charge in [0.05, 0.1) is 4.88 Å². The Bertz CT molecular complexity index is 795. The van der Waals surface area contributed by atoms with E-state index in [-0.39, 0.29) is 5.41 Å². The molecule has 3 nitrogen and oxygen atoms in total. The molecule has 0 saturated heterocycles. The molecule has 1 aliphatic carbocycles. The quantitative estimate of drug-likeness (QED) is 0.697. The third-order valence-corrected chi connectivity index (χ3v) is 6.52. The van der Waals surface area contributed by atoms with E-state index in [1.165, 1.54) is 54.6 Å². The standard InChI is InChI=1S/C23H31NO2S/c1-23(2,3)12-10-17-14-19(21(27-17)22(25)26)18-11-13-24(4)15-20(18)16-8-6-5-7-9-16/h14,16H,5-9,11,13,15H2,1-4H3,(H,25,26). The first-order chi connectivity index (χ1) is 12.7. The molecular formula is C23H31NO2S. The maximum Gasteiger partial charge on any atom is 0.346 e. The Hall–Kier alpha value is -1.57. The minimum atomic E-state index is -0.826. The van der Waals surface area contributed by atoms with Gasteiger partial charge in [0.15, 0.2) is 0 Å². The van der Waals surface area contributed by atoms with Crippen LogP contribution in [0.4, 0.5) is 0 Å². The first-order valence-corrected chi connectivity index (χ1v) is 10.9. The molecule has 1 saturated carbocycles. The molecule has 4 heteroatoms. The fourth-order valence-corrected chi connectivity index (χ4v) is 5.03. The van der Waals surface area contributed by atoms with Crippen LogP contribution in [0.2, 0.25) is 0 Å². The predicted octanol–water partition coefficient (Wildman–Crippen LogP) is 5.51. The Morgan fingerprint density at radius 1 is 1.26 bits per heavy atom. The molecular weight excluding hydrogens is 354 g/mol. The molecule has 27 heavy (non-hydrogen) atoms. The number of hydrogen-bond acceptors (Lipinski definition) is 3. The second kappa shape index (κ2) is 8.20. The second-order valence-electron chi connectivity index (χ2n) is 8.99. The van der Waals surface area contributed by atoms with Gasteiger partial charge in [-0.3, -0.25) is 0 Å². The molecule has 1 aromatic heterocycles. The van der Waals surface area contributed by atoms with E-state index >= 15 is 0 Å². The molecule has 3 rings (SSSR count). The Morgan fingerprint density at radius 2 is 1.96 bits per heavy atom. The summed E-state index contributed by atoms with van der Waals surface area (Å²) < 4.78 is 0. The van der Waals surface area contributed by atoms with Crippen molar-refractivity contribution in [2.45, 2.75) is 59.3 Å². The van der Waals surface area contributed by atoms with Crippen molar-refractivity contribution in [3.63, 3.8) is 0 Å². The van der Waals surface area contributed by atoms with Crippen LogP contribution in [0, 0.1) is 23.2 Å². The average Bonchev–Trinajstić information content (AvgIpc) is 3.05. The van der Waals surface area contributed by atoms with E-state index in [1.807, 2.05) is 6.07 Å². The molecule has 0 unspecified atom stereocenters. The summed E-state index contributed by atoms with van der Waals surface area (Å²) in [5.41, 5.74) is 3.61. The SMILES string of the molecule is CN1CCC(c2cc(C#CC(C)(C)C)sc2C(=O)O)=C(C2CCCCC2)C1. The minimum absolute atomic E-state index is 0.0897. The van der Waals surface area contributed by atoms with Crippen LogP contribution < -0.4 is 0 Å². The number of hydrogen-bond donors (Lipinski definition) is 1. The zero-order valence-electron chi connectivity index (χ0n) is 17.0. The maximum absolute atomic E-state index is 12.0. The van der Waals surface area contributed by atoms with Gasteiger partial charge in [-0.2, -0.15) is 0 Å². The van der Waals surface area contributed by atoms with Crippen molar-refractivity contribution < 1.29 is 9.90 Å². The summed E-state index contributed by atoms with van der Waals surface area (Å²) in [5.74, 6) is 6.25. The molecule has 0 amide bonds. The topological polar surface area (TPSA) is 40.5 Å². The van der Waals surface area contributed by atoms with Gasteiger partial charge in [0.25, 0.3) is 0 Å². The van der Waals surface area contributed by atoms with Crippen LogP contribution >= 0.6 is 11.3 Å². The number of thiophene rings is 1. The fraction of sp³-hybridized carbons (Fsp3) is 0.609. The highest BCUT2D eigenvalue weighted by Gasteiger charge is 2.28. The molecule has 0 spiro atoms. The van der Waals surface area contributed by atoms with E-state index in [2.05, 4.69) is 44.6 Å². The number of rotatable bonds is 3. The molecule has 1 fully saturated rings. The van der Waals surface area contributed by atoms with Crippen molar-refractivity contribution in [3.05, 3.63) is 27.0 Å². The highest BCUT2D eigenvalue weighted by Crippen LogP contribution is 2.40. The number of carboxylic acids is 1. The van der Waals surface area contributed by atoms with Gasteiger partial charge in [-0.15, -0.1) is 11.3 Å². The Balaban J connectivity index is 2.06. The summed E-state index contributed by atoms with van der Waals surface area (Å²) in [7, 11) is 2.17. The number of carbonyl (C=O) groups is 1. The van der Waals surface area contributed by atoms with Gasteiger partial charge in [0.2, 0.25) is 0 Å². The van der Waals surface area contributed by atoms with Crippen molar-refractivity contribution in [2.24, 2.45) is 11.3 Å². The lowest BCUT2D eigenvalue weighted by Crippen LogP contribution is -2.31.